The van der Waals surface area contributed by atoms with Gasteiger partial charge in [-0.25, -0.2) is 0 Å². The number of aromatic hydroxyl groups is 1. The van der Waals surface area contributed by atoms with Gasteiger partial charge < -0.3 is 16.2 Å². The van der Waals surface area contributed by atoms with Crippen LogP contribution in [-0.2, 0) is 4.79 Å². The van der Waals surface area contributed by atoms with Crippen molar-refractivity contribution in [3.63, 3.8) is 0 Å². The molecule has 1 fully saturated rings. The Morgan fingerprint density at radius 1 is 1.33 bits per heavy atom. The number of phenolic OH excluding ortho intramolecular Hbond substituents is 1. The van der Waals surface area contributed by atoms with Crippen molar-refractivity contribution in [1.29, 1.82) is 0 Å². The van der Waals surface area contributed by atoms with Crippen LogP contribution in [0.2, 0.25) is 0 Å². The summed E-state index contributed by atoms with van der Waals surface area (Å²) in [5, 5.41) is 11.8. The number of carbonyl (C=O) groups excluding carboxylic acids is 1. The minimum atomic E-state index is -0.683. The predicted octanol–water partition coefficient (Wildman–Crippen LogP) is 1.21. The average molecular weight is 206 g/mol. The second-order valence-corrected chi connectivity index (χ2v) is 4.01. The van der Waals surface area contributed by atoms with Crippen LogP contribution in [0, 0.1) is 0 Å². The van der Waals surface area contributed by atoms with E-state index in [2.05, 4.69) is 5.32 Å². The number of rotatable bonds is 2. The fraction of sp³-hybridized carbons (Fsp3) is 0.364. The summed E-state index contributed by atoms with van der Waals surface area (Å²) >= 11 is 0. The van der Waals surface area contributed by atoms with Crippen molar-refractivity contribution in [2.45, 2.75) is 24.8 Å². The normalized spacial score (nSPS) is 17.9. The fourth-order valence-electron chi connectivity index (χ4n) is 1.59. The molecule has 1 amide bonds. The third-order valence-electron chi connectivity index (χ3n) is 2.82. The van der Waals surface area contributed by atoms with E-state index in [0.717, 1.165) is 19.3 Å². The van der Waals surface area contributed by atoms with Gasteiger partial charge in [-0.15, -0.1) is 0 Å². The number of amides is 1. The molecule has 0 saturated heterocycles. The number of nitrogens with two attached hydrogens (primary N) is 1. The Kier molecular flexibility index (Phi) is 2.36. The van der Waals surface area contributed by atoms with Gasteiger partial charge in [0.1, 0.15) is 5.75 Å². The molecule has 0 aliphatic heterocycles. The monoisotopic (exact) mass is 206 g/mol. The molecule has 2 rings (SSSR count). The summed E-state index contributed by atoms with van der Waals surface area (Å²) in [5.74, 6) is 0.0403. The highest BCUT2D eigenvalue weighted by Gasteiger charge is 2.39. The summed E-state index contributed by atoms with van der Waals surface area (Å²) in [4.78, 5) is 11.7. The molecule has 4 nitrogen and oxygen atoms in total. The van der Waals surface area contributed by atoms with Crippen LogP contribution >= 0.6 is 0 Å². The molecule has 4 heteroatoms. The molecule has 15 heavy (non-hydrogen) atoms. The molecule has 1 aromatic carbocycles. The zero-order valence-electron chi connectivity index (χ0n) is 8.36. The van der Waals surface area contributed by atoms with E-state index in [1.807, 2.05) is 0 Å². The van der Waals surface area contributed by atoms with Gasteiger partial charge in [0.2, 0.25) is 5.91 Å². The number of carbonyl (C=O) groups is 1. The van der Waals surface area contributed by atoms with Crippen molar-refractivity contribution in [3.05, 3.63) is 24.3 Å². The fourth-order valence-corrected chi connectivity index (χ4v) is 1.59. The number of hydrogen-bond acceptors (Lipinski definition) is 3. The molecule has 0 spiro atoms. The summed E-state index contributed by atoms with van der Waals surface area (Å²) in [7, 11) is 0. The first-order valence-electron chi connectivity index (χ1n) is 4.99. The lowest BCUT2D eigenvalue weighted by atomic mass is 9.77. The quantitative estimate of drug-likeness (QED) is 0.637. The van der Waals surface area contributed by atoms with E-state index < -0.39 is 5.54 Å². The lowest BCUT2D eigenvalue weighted by Crippen LogP contribution is -2.56. The molecule has 4 N–H and O–H groups in total. The first-order valence-corrected chi connectivity index (χ1v) is 4.99. The van der Waals surface area contributed by atoms with Crippen molar-refractivity contribution in [2.75, 3.05) is 5.32 Å². The lowest BCUT2D eigenvalue weighted by Gasteiger charge is -2.36. The van der Waals surface area contributed by atoms with Crippen molar-refractivity contribution < 1.29 is 9.90 Å². The first-order chi connectivity index (χ1) is 7.10. The van der Waals surface area contributed by atoms with E-state index in [9.17, 15) is 4.79 Å². The molecule has 0 bridgehead atoms. The third-order valence-corrected chi connectivity index (χ3v) is 2.82. The molecule has 80 valence electrons. The van der Waals surface area contributed by atoms with Crippen LogP contribution in [-0.4, -0.2) is 16.6 Å². The van der Waals surface area contributed by atoms with Gasteiger partial charge in [-0.05, 0) is 43.5 Å². The van der Waals surface area contributed by atoms with Crippen molar-refractivity contribution in [3.8, 4) is 5.75 Å². The second kappa shape index (κ2) is 3.55. The van der Waals surface area contributed by atoms with Crippen LogP contribution in [0.25, 0.3) is 0 Å². The average Bonchev–Trinajstić information content (AvgIpc) is 2.18. The molecular formula is C11H14N2O2. The maximum absolute atomic E-state index is 11.7. The van der Waals surface area contributed by atoms with Crippen LogP contribution in [0.15, 0.2) is 24.3 Å². The van der Waals surface area contributed by atoms with Crippen LogP contribution < -0.4 is 11.1 Å². The van der Waals surface area contributed by atoms with Crippen LogP contribution in [0.5, 0.6) is 5.75 Å². The highest BCUT2D eigenvalue weighted by atomic mass is 16.3. The van der Waals surface area contributed by atoms with Gasteiger partial charge in [0.25, 0.3) is 0 Å². The van der Waals surface area contributed by atoms with Crippen molar-refractivity contribution in [1.82, 2.24) is 0 Å². The molecule has 0 heterocycles. The van der Waals surface area contributed by atoms with Crippen LogP contribution in [0.4, 0.5) is 5.69 Å². The van der Waals surface area contributed by atoms with Crippen LogP contribution in [0.1, 0.15) is 19.3 Å². The smallest absolute Gasteiger partial charge is 0.244 e. The summed E-state index contributed by atoms with van der Waals surface area (Å²) < 4.78 is 0. The zero-order valence-corrected chi connectivity index (χ0v) is 8.36. The third kappa shape index (κ3) is 1.94. The number of hydrogen-bond donors (Lipinski definition) is 3. The molecular weight excluding hydrogens is 192 g/mol. The highest BCUT2D eigenvalue weighted by Crippen LogP contribution is 2.30. The van der Waals surface area contributed by atoms with Gasteiger partial charge >= 0.3 is 0 Å². The van der Waals surface area contributed by atoms with E-state index in [1.54, 1.807) is 12.1 Å². The van der Waals surface area contributed by atoms with Gasteiger partial charge in [0.05, 0.1) is 5.54 Å². The Labute approximate surface area is 88.1 Å². The lowest BCUT2D eigenvalue weighted by molar-refractivity contribution is -0.123. The Balaban J connectivity index is 2.02. The molecule has 1 aliphatic rings. The predicted molar refractivity (Wildman–Crippen MR) is 57.5 cm³/mol. The van der Waals surface area contributed by atoms with E-state index in [4.69, 9.17) is 10.8 Å². The molecule has 0 atom stereocenters. The molecule has 0 radical (unpaired) electrons. The first kappa shape index (κ1) is 9.98. The minimum absolute atomic E-state index is 0.139. The Morgan fingerprint density at radius 2 is 1.93 bits per heavy atom. The Hall–Kier alpha value is -1.55. The van der Waals surface area contributed by atoms with E-state index in [1.165, 1.54) is 12.1 Å². The van der Waals surface area contributed by atoms with Crippen molar-refractivity contribution in [2.24, 2.45) is 5.73 Å². The SMILES string of the molecule is NC1(C(=O)Nc2ccc(O)cc2)CCC1. The molecule has 0 unspecified atom stereocenters. The second-order valence-electron chi connectivity index (χ2n) is 4.01. The number of anilines is 1. The standard InChI is InChI=1S/C11H14N2O2/c12-11(6-1-7-11)10(15)13-8-2-4-9(14)5-3-8/h2-5,14H,1,6-7,12H2,(H,13,15). The maximum Gasteiger partial charge on any atom is 0.244 e. The summed E-state index contributed by atoms with van der Waals surface area (Å²) in [5.41, 5.74) is 5.84. The van der Waals surface area contributed by atoms with E-state index in [0.29, 0.717) is 5.69 Å². The largest absolute Gasteiger partial charge is 0.508 e. The minimum Gasteiger partial charge on any atom is -0.508 e. The van der Waals surface area contributed by atoms with E-state index >= 15 is 0 Å². The Bertz CT molecular complexity index is 369. The topological polar surface area (TPSA) is 75.4 Å². The molecule has 1 aliphatic carbocycles. The maximum atomic E-state index is 11.7. The van der Waals surface area contributed by atoms with Gasteiger partial charge in [-0.3, -0.25) is 4.79 Å². The zero-order chi connectivity index (χ0) is 10.9. The molecule has 1 aromatic rings. The summed E-state index contributed by atoms with van der Waals surface area (Å²) in [6, 6.07) is 6.35. The van der Waals surface area contributed by atoms with E-state index in [-0.39, 0.29) is 11.7 Å². The van der Waals surface area contributed by atoms with Gasteiger partial charge in [0.15, 0.2) is 0 Å². The Morgan fingerprint density at radius 3 is 2.40 bits per heavy atom. The van der Waals surface area contributed by atoms with Crippen molar-refractivity contribution >= 4 is 11.6 Å². The molecule has 0 aromatic heterocycles. The number of phenols is 1. The van der Waals surface area contributed by atoms with Gasteiger partial charge in [-0.1, -0.05) is 0 Å². The summed E-state index contributed by atoms with van der Waals surface area (Å²) in [6.45, 7) is 0. The highest BCUT2D eigenvalue weighted by molar-refractivity contribution is 5.98. The van der Waals surface area contributed by atoms with Crippen LogP contribution in [0.3, 0.4) is 0 Å². The molecule has 1 saturated carbocycles. The number of nitrogens with one attached hydrogen (secondary N) is 1. The summed E-state index contributed by atoms with van der Waals surface area (Å²) in [6.07, 6.45) is 2.51. The number of benzene rings is 1. The van der Waals surface area contributed by atoms with Gasteiger partial charge in [-0.2, -0.15) is 0 Å². The van der Waals surface area contributed by atoms with Gasteiger partial charge in [0, 0.05) is 5.69 Å².